The highest BCUT2D eigenvalue weighted by atomic mass is 32.2. The van der Waals surface area contributed by atoms with Crippen LogP contribution in [0.3, 0.4) is 0 Å². The zero-order valence-electron chi connectivity index (χ0n) is 10.7. The van der Waals surface area contributed by atoms with Gasteiger partial charge in [0.25, 0.3) is 0 Å². The Morgan fingerprint density at radius 3 is 2.53 bits per heavy atom. The molecule has 0 radical (unpaired) electrons. The monoisotopic (exact) mass is 255 g/mol. The van der Waals surface area contributed by atoms with Gasteiger partial charge in [-0.25, -0.2) is 0 Å². The van der Waals surface area contributed by atoms with Crippen molar-refractivity contribution >= 4 is 11.8 Å². The lowest BCUT2D eigenvalue weighted by molar-refractivity contribution is -0.0848. The second-order valence-electron chi connectivity index (χ2n) is 5.98. The summed E-state index contributed by atoms with van der Waals surface area (Å²) in [5.74, 6) is 2.71. The standard InChI is InChI=1S/C14H25NOS/c1-2-7-14(6-1)11-13(3-8-16-14)15-12-4-9-17-10-5-12/h12-13,15H,1-11H2. The Kier molecular flexibility index (Phi) is 3.98. The van der Waals surface area contributed by atoms with Crippen LogP contribution in [0.5, 0.6) is 0 Å². The average Bonchev–Trinajstić information content (AvgIpc) is 2.79. The van der Waals surface area contributed by atoms with Gasteiger partial charge in [0.15, 0.2) is 0 Å². The molecule has 1 aliphatic carbocycles. The van der Waals surface area contributed by atoms with E-state index in [2.05, 4.69) is 17.1 Å². The summed E-state index contributed by atoms with van der Waals surface area (Å²) in [6.07, 6.45) is 10.6. The van der Waals surface area contributed by atoms with Gasteiger partial charge in [-0.05, 0) is 50.0 Å². The zero-order valence-corrected chi connectivity index (χ0v) is 11.6. The summed E-state index contributed by atoms with van der Waals surface area (Å²) in [5.41, 5.74) is 0.277. The van der Waals surface area contributed by atoms with Crippen molar-refractivity contribution in [2.45, 2.75) is 69.1 Å². The van der Waals surface area contributed by atoms with Crippen LogP contribution in [0.1, 0.15) is 51.4 Å². The van der Waals surface area contributed by atoms with E-state index < -0.39 is 0 Å². The molecule has 2 aliphatic heterocycles. The number of nitrogens with one attached hydrogen (secondary N) is 1. The Balaban J connectivity index is 1.52. The van der Waals surface area contributed by atoms with Crippen molar-refractivity contribution in [1.82, 2.24) is 5.32 Å². The van der Waals surface area contributed by atoms with E-state index >= 15 is 0 Å². The van der Waals surface area contributed by atoms with E-state index in [0.717, 1.165) is 18.7 Å². The average molecular weight is 255 g/mol. The molecule has 0 aromatic rings. The first-order valence-electron chi connectivity index (χ1n) is 7.34. The molecule has 1 saturated carbocycles. The van der Waals surface area contributed by atoms with E-state index in [4.69, 9.17) is 4.74 Å². The number of hydrogen-bond acceptors (Lipinski definition) is 3. The smallest absolute Gasteiger partial charge is 0.0697 e. The number of thioether (sulfide) groups is 1. The van der Waals surface area contributed by atoms with Crippen molar-refractivity contribution in [3.63, 3.8) is 0 Å². The van der Waals surface area contributed by atoms with Crippen LogP contribution in [0, 0.1) is 0 Å². The highest BCUT2D eigenvalue weighted by Crippen LogP contribution is 2.40. The Morgan fingerprint density at radius 2 is 1.76 bits per heavy atom. The number of ether oxygens (including phenoxy) is 1. The van der Waals surface area contributed by atoms with Crippen LogP contribution in [0.2, 0.25) is 0 Å². The van der Waals surface area contributed by atoms with Crippen LogP contribution in [0.15, 0.2) is 0 Å². The number of hydrogen-bond donors (Lipinski definition) is 1. The maximum absolute atomic E-state index is 6.10. The first-order chi connectivity index (χ1) is 8.36. The minimum absolute atomic E-state index is 0.277. The molecule has 3 rings (SSSR count). The van der Waals surface area contributed by atoms with Gasteiger partial charge in [0, 0.05) is 18.7 Å². The molecule has 1 unspecified atom stereocenters. The molecule has 98 valence electrons. The van der Waals surface area contributed by atoms with Gasteiger partial charge >= 0.3 is 0 Å². The van der Waals surface area contributed by atoms with Gasteiger partial charge in [-0.3, -0.25) is 0 Å². The fourth-order valence-electron chi connectivity index (χ4n) is 3.74. The van der Waals surface area contributed by atoms with Gasteiger partial charge in [0.2, 0.25) is 0 Å². The number of rotatable bonds is 2. The summed E-state index contributed by atoms with van der Waals surface area (Å²) in [6, 6.07) is 1.52. The van der Waals surface area contributed by atoms with Gasteiger partial charge in [-0.2, -0.15) is 11.8 Å². The van der Waals surface area contributed by atoms with Crippen LogP contribution >= 0.6 is 11.8 Å². The Labute approximate surface area is 109 Å². The summed E-state index contributed by atoms with van der Waals surface area (Å²) in [4.78, 5) is 0. The molecular weight excluding hydrogens is 230 g/mol. The van der Waals surface area contributed by atoms with Crippen molar-refractivity contribution in [3.05, 3.63) is 0 Å². The van der Waals surface area contributed by atoms with Gasteiger partial charge in [-0.15, -0.1) is 0 Å². The summed E-state index contributed by atoms with van der Waals surface area (Å²) in [5, 5.41) is 3.92. The minimum Gasteiger partial charge on any atom is -0.375 e. The van der Waals surface area contributed by atoms with Gasteiger partial charge in [-0.1, -0.05) is 12.8 Å². The lowest BCUT2D eigenvalue weighted by Gasteiger charge is -2.40. The molecule has 1 spiro atoms. The Morgan fingerprint density at radius 1 is 1.00 bits per heavy atom. The quantitative estimate of drug-likeness (QED) is 0.819. The van der Waals surface area contributed by atoms with E-state index in [1.54, 1.807) is 0 Å². The van der Waals surface area contributed by atoms with E-state index in [9.17, 15) is 0 Å². The third-order valence-corrected chi connectivity index (χ3v) is 5.75. The lowest BCUT2D eigenvalue weighted by Crippen LogP contribution is -2.49. The molecule has 1 atom stereocenters. The molecule has 0 aromatic carbocycles. The normalized spacial score (nSPS) is 34.2. The molecule has 2 nitrogen and oxygen atoms in total. The summed E-state index contributed by atoms with van der Waals surface area (Å²) in [7, 11) is 0. The van der Waals surface area contributed by atoms with E-state index in [1.807, 2.05) is 0 Å². The van der Waals surface area contributed by atoms with Crippen LogP contribution in [-0.4, -0.2) is 35.8 Å². The van der Waals surface area contributed by atoms with Crippen molar-refractivity contribution in [2.75, 3.05) is 18.1 Å². The largest absolute Gasteiger partial charge is 0.375 e. The molecule has 0 amide bonds. The fraction of sp³-hybridized carbons (Fsp3) is 1.00. The van der Waals surface area contributed by atoms with Crippen molar-refractivity contribution in [2.24, 2.45) is 0 Å². The maximum Gasteiger partial charge on any atom is 0.0697 e. The van der Waals surface area contributed by atoms with E-state index in [0.29, 0.717) is 0 Å². The maximum atomic E-state index is 6.10. The topological polar surface area (TPSA) is 21.3 Å². The van der Waals surface area contributed by atoms with Crippen molar-refractivity contribution in [1.29, 1.82) is 0 Å². The van der Waals surface area contributed by atoms with E-state index in [-0.39, 0.29) is 5.60 Å². The molecule has 2 saturated heterocycles. The van der Waals surface area contributed by atoms with Gasteiger partial charge < -0.3 is 10.1 Å². The zero-order chi connectivity index (χ0) is 11.6. The second kappa shape index (κ2) is 5.50. The molecule has 3 heteroatoms. The predicted molar refractivity (Wildman–Crippen MR) is 73.7 cm³/mol. The Bertz CT molecular complexity index is 247. The molecule has 3 aliphatic rings. The highest BCUT2D eigenvalue weighted by Gasteiger charge is 2.40. The Hall–Kier alpha value is 0.270. The summed E-state index contributed by atoms with van der Waals surface area (Å²) >= 11 is 2.11. The van der Waals surface area contributed by atoms with Gasteiger partial charge in [0.1, 0.15) is 0 Å². The molecule has 2 heterocycles. The van der Waals surface area contributed by atoms with Crippen LogP contribution in [0.4, 0.5) is 0 Å². The fourth-order valence-corrected chi connectivity index (χ4v) is 4.84. The van der Waals surface area contributed by atoms with Crippen LogP contribution < -0.4 is 5.32 Å². The van der Waals surface area contributed by atoms with Crippen LogP contribution in [0.25, 0.3) is 0 Å². The molecule has 0 aromatic heterocycles. The molecule has 0 bridgehead atoms. The molecular formula is C14H25NOS. The predicted octanol–water partition coefficient (Wildman–Crippen LogP) is 2.96. The summed E-state index contributed by atoms with van der Waals surface area (Å²) < 4.78 is 6.10. The van der Waals surface area contributed by atoms with Crippen molar-refractivity contribution in [3.8, 4) is 0 Å². The third kappa shape index (κ3) is 2.99. The lowest BCUT2D eigenvalue weighted by atomic mass is 9.88. The van der Waals surface area contributed by atoms with E-state index in [1.165, 1.54) is 62.9 Å². The van der Waals surface area contributed by atoms with Crippen LogP contribution in [-0.2, 0) is 4.74 Å². The third-order valence-electron chi connectivity index (χ3n) is 4.70. The summed E-state index contributed by atoms with van der Waals surface area (Å²) in [6.45, 7) is 0.985. The first kappa shape index (κ1) is 12.3. The SMILES string of the molecule is C1CCC2(C1)CC(NC1CCSCC1)CCO2. The molecule has 1 N–H and O–H groups in total. The second-order valence-corrected chi connectivity index (χ2v) is 7.21. The minimum atomic E-state index is 0.277. The van der Waals surface area contributed by atoms with Gasteiger partial charge in [0.05, 0.1) is 5.60 Å². The van der Waals surface area contributed by atoms with Crippen molar-refractivity contribution < 1.29 is 4.74 Å². The highest BCUT2D eigenvalue weighted by molar-refractivity contribution is 7.99. The first-order valence-corrected chi connectivity index (χ1v) is 8.50. The molecule has 3 fully saturated rings. The molecule has 17 heavy (non-hydrogen) atoms.